The van der Waals surface area contributed by atoms with Crippen molar-refractivity contribution in [1.29, 1.82) is 0 Å². The summed E-state index contributed by atoms with van der Waals surface area (Å²) in [5, 5.41) is 0. The predicted octanol–water partition coefficient (Wildman–Crippen LogP) is 3.41. The lowest BCUT2D eigenvalue weighted by Crippen LogP contribution is -2.28. The van der Waals surface area contributed by atoms with Crippen LogP contribution in [-0.4, -0.2) is 12.5 Å². The van der Waals surface area contributed by atoms with Crippen molar-refractivity contribution in [2.75, 3.05) is 17.2 Å². The number of hydrogen-bond acceptors (Lipinski definition) is 3. The fraction of sp³-hybridized carbons (Fsp3) is 0.353. The summed E-state index contributed by atoms with van der Waals surface area (Å²) in [6.45, 7) is 0.764. The van der Waals surface area contributed by atoms with Crippen LogP contribution in [0.15, 0.2) is 24.3 Å². The normalized spacial score (nSPS) is 16.7. The number of aryl methyl sites for hydroxylation is 2. The van der Waals surface area contributed by atoms with Crippen LogP contribution in [0.25, 0.3) is 0 Å². The third-order valence-electron chi connectivity index (χ3n) is 4.45. The van der Waals surface area contributed by atoms with Gasteiger partial charge < -0.3 is 10.6 Å². The SMILES string of the molecule is Nc1ccc2c(c1)CCN2C(=O)c1cc2c(s1)CCCC2. The summed E-state index contributed by atoms with van der Waals surface area (Å²) >= 11 is 1.69. The molecule has 21 heavy (non-hydrogen) atoms. The Bertz CT molecular complexity index is 696. The van der Waals surface area contributed by atoms with Gasteiger partial charge in [-0.1, -0.05) is 0 Å². The molecular weight excluding hydrogens is 280 g/mol. The molecule has 0 radical (unpaired) electrons. The van der Waals surface area contributed by atoms with E-state index in [0.29, 0.717) is 0 Å². The second kappa shape index (κ2) is 4.88. The van der Waals surface area contributed by atoms with Crippen molar-refractivity contribution >= 4 is 28.6 Å². The number of fused-ring (bicyclic) bond motifs is 2. The van der Waals surface area contributed by atoms with Crippen molar-refractivity contribution in [3.63, 3.8) is 0 Å². The van der Waals surface area contributed by atoms with Gasteiger partial charge in [-0.2, -0.15) is 0 Å². The molecule has 1 aliphatic heterocycles. The summed E-state index contributed by atoms with van der Waals surface area (Å²) < 4.78 is 0. The third kappa shape index (κ3) is 2.14. The minimum Gasteiger partial charge on any atom is -0.399 e. The molecule has 2 aromatic rings. The van der Waals surface area contributed by atoms with Gasteiger partial charge in [0.15, 0.2) is 0 Å². The molecule has 0 atom stereocenters. The largest absolute Gasteiger partial charge is 0.399 e. The van der Waals surface area contributed by atoms with Gasteiger partial charge in [0.05, 0.1) is 4.88 Å². The molecule has 1 aliphatic carbocycles. The molecule has 0 spiro atoms. The highest BCUT2D eigenvalue weighted by molar-refractivity contribution is 7.14. The molecule has 0 unspecified atom stereocenters. The lowest BCUT2D eigenvalue weighted by atomic mass is 9.99. The van der Waals surface area contributed by atoms with Crippen LogP contribution < -0.4 is 10.6 Å². The number of nitrogens with zero attached hydrogens (tertiary/aromatic N) is 1. The first-order valence-corrected chi connectivity index (χ1v) is 8.36. The van der Waals surface area contributed by atoms with Crippen molar-refractivity contribution in [3.05, 3.63) is 45.1 Å². The second-order valence-electron chi connectivity index (χ2n) is 5.86. The van der Waals surface area contributed by atoms with Crippen LogP contribution in [0, 0.1) is 0 Å². The van der Waals surface area contributed by atoms with Crippen LogP contribution >= 0.6 is 11.3 Å². The Kier molecular flexibility index (Phi) is 3.00. The summed E-state index contributed by atoms with van der Waals surface area (Å²) in [5.41, 5.74) is 10.2. The maximum atomic E-state index is 12.8. The molecule has 0 bridgehead atoms. The molecule has 108 valence electrons. The molecular formula is C17H18N2OS. The number of rotatable bonds is 1. The Morgan fingerprint density at radius 2 is 1.95 bits per heavy atom. The molecule has 0 saturated carbocycles. The van der Waals surface area contributed by atoms with Crippen molar-refractivity contribution in [2.45, 2.75) is 32.1 Å². The van der Waals surface area contributed by atoms with Crippen LogP contribution in [0.2, 0.25) is 0 Å². The number of nitrogen functional groups attached to an aromatic ring is 1. The number of nitrogens with two attached hydrogens (primary N) is 1. The summed E-state index contributed by atoms with van der Waals surface area (Å²) in [5.74, 6) is 0.151. The standard InChI is InChI=1S/C17H18N2OS/c18-13-5-6-14-11(9-13)7-8-19(14)17(20)16-10-12-3-1-2-4-15(12)21-16/h5-6,9-10H,1-4,7-8,18H2. The first-order chi connectivity index (χ1) is 10.2. The molecule has 2 N–H and O–H groups in total. The number of amides is 1. The van der Waals surface area contributed by atoms with Crippen LogP contribution in [0.3, 0.4) is 0 Å². The highest BCUT2D eigenvalue weighted by atomic mass is 32.1. The number of hydrogen-bond donors (Lipinski definition) is 1. The minimum absolute atomic E-state index is 0.151. The summed E-state index contributed by atoms with van der Waals surface area (Å²) in [6, 6.07) is 7.96. The highest BCUT2D eigenvalue weighted by Crippen LogP contribution is 2.34. The average Bonchev–Trinajstić information content (AvgIpc) is 3.09. The van der Waals surface area contributed by atoms with E-state index in [1.807, 2.05) is 23.1 Å². The summed E-state index contributed by atoms with van der Waals surface area (Å²) in [6.07, 6.45) is 5.68. The lowest BCUT2D eigenvalue weighted by molar-refractivity contribution is 0.0993. The van der Waals surface area contributed by atoms with Gasteiger partial charge in [-0.25, -0.2) is 0 Å². The highest BCUT2D eigenvalue weighted by Gasteiger charge is 2.27. The number of anilines is 2. The molecule has 0 fully saturated rings. The summed E-state index contributed by atoms with van der Waals surface area (Å²) in [7, 11) is 0. The maximum Gasteiger partial charge on any atom is 0.268 e. The number of carbonyl (C=O) groups is 1. The van der Waals surface area contributed by atoms with E-state index in [9.17, 15) is 4.79 Å². The Balaban J connectivity index is 1.66. The zero-order chi connectivity index (χ0) is 14.4. The Morgan fingerprint density at radius 3 is 2.81 bits per heavy atom. The summed E-state index contributed by atoms with van der Waals surface area (Å²) in [4.78, 5) is 17.0. The number of benzene rings is 1. The van der Waals surface area contributed by atoms with Gasteiger partial charge in [-0.05, 0) is 67.5 Å². The molecule has 4 heteroatoms. The predicted molar refractivity (Wildman–Crippen MR) is 87.2 cm³/mol. The van der Waals surface area contributed by atoms with Crippen molar-refractivity contribution in [3.8, 4) is 0 Å². The fourth-order valence-electron chi connectivity index (χ4n) is 3.36. The van der Waals surface area contributed by atoms with E-state index < -0.39 is 0 Å². The van der Waals surface area contributed by atoms with Crippen molar-refractivity contribution in [1.82, 2.24) is 0 Å². The quantitative estimate of drug-likeness (QED) is 0.820. The molecule has 0 saturated heterocycles. The molecule has 2 heterocycles. The number of thiophene rings is 1. The van der Waals surface area contributed by atoms with Gasteiger partial charge in [0, 0.05) is 22.8 Å². The number of carbonyl (C=O) groups excluding carboxylic acids is 1. The van der Waals surface area contributed by atoms with E-state index in [2.05, 4.69) is 6.07 Å². The van der Waals surface area contributed by atoms with E-state index in [4.69, 9.17) is 5.73 Å². The van der Waals surface area contributed by atoms with Crippen LogP contribution in [-0.2, 0) is 19.3 Å². The van der Waals surface area contributed by atoms with Crippen LogP contribution in [0.5, 0.6) is 0 Å². The molecule has 3 nitrogen and oxygen atoms in total. The zero-order valence-corrected chi connectivity index (χ0v) is 12.7. The minimum atomic E-state index is 0.151. The second-order valence-corrected chi connectivity index (χ2v) is 7.00. The third-order valence-corrected chi connectivity index (χ3v) is 5.68. The van der Waals surface area contributed by atoms with Gasteiger partial charge in [0.2, 0.25) is 0 Å². The molecule has 4 rings (SSSR count). The van der Waals surface area contributed by atoms with Gasteiger partial charge in [-0.15, -0.1) is 11.3 Å². The van der Waals surface area contributed by atoms with E-state index in [-0.39, 0.29) is 5.91 Å². The lowest BCUT2D eigenvalue weighted by Gasteiger charge is -2.16. The topological polar surface area (TPSA) is 46.3 Å². The van der Waals surface area contributed by atoms with E-state index in [1.165, 1.54) is 28.8 Å². The van der Waals surface area contributed by atoms with Crippen LogP contribution in [0.4, 0.5) is 11.4 Å². The monoisotopic (exact) mass is 298 g/mol. The van der Waals surface area contributed by atoms with E-state index in [1.54, 1.807) is 11.3 Å². The molecule has 1 aromatic heterocycles. The molecule has 1 amide bonds. The van der Waals surface area contributed by atoms with Crippen LogP contribution in [0.1, 0.15) is 38.5 Å². The van der Waals surface area contributed by atoms with Gasteiger partial charge in [0.1, 0.15) is 0 Å². The van der Waals surface area contributed by atoms with E-state index >= 15 is 0 Å². The molecule has 2 aliphatic rings. The zero-order valence-electron chi connectivity index (χ0n) is 11.9. The fourth-order valence-corrected chi connectivity index (χ4v) is 4.56. The van der Waals surface area contributed by atoms with Gasteiger partial charge >= 0.3 is 0 Å². The van der Waals surface area contributed by atoms with Crippen molar-refractivity contribution in [2.24, 2.45) is 0 Å². The van der Waals surface area contributed by atoms with E-state index in [0.717, 1.165) is 42.1 Å². The van der Waals surface area contributed by atoms with Crippen molar-refractivity contribution < 1.29 is 4.79 Å². The average molecular weight is 298 g/mol. The van der Waals surface area contributed by atoms with Gasteiger partial charge in [0.25, 0.3) is 5.91 Å². The Hall–Kier alpha value is -1.81. The Morgan fingerprint density at radius 1 is 1.10 bits per heavy atom. The Labute approximate surface area is 128 Å². The molecule has 1 aromatic carbocycles. The first kappa shape index (κ1) is 12.9. The first-order valence-electron chi connectivity index (χ1n) is 7.54. The van der Waals surface area contributed by atoms with Gasteiger partial charge in [-0.3, -0.25) is 4.79 Å². The smallest absolute Gasteiger partial charge is 0.268 e. The maximum absolute atomic E-state index is 12.8.